The topological polar surface area (TPSA) is 20.2 Å². The Morgan fingerprint density at radius 2 is 1.96 bits per heavy atom. The van der Waals surface area contributed by atoms with Crippen molar-refractivity contribution in [2.75, 3.05) is 0 Å². The van der Waals surface area contributed by atoms with Crippen LogP contribution in [0.25, 0.3) is 0 Å². The zero-order chi connectivity index (χ0) is 18.0. The summed E-state index contributed by atoms with van der Waals surface area (Å²) in [6, 6.07) is 0. The van der Waals surface area contributed by atoms with Crippen molar-refractivity contribution in [3.8, 4) is 0 Å². The van der Waals surface area contributed by atoms with Crippen molar-refractivity contribution in [2.24, 2.45) is 34.5 Å². The minimum absolute atomic E-state index is 0.354. The number of hydrogen-bond donors (Lipinski definition) is 1. The molecule has 4 rings (SSSR count). The minimum Gasteiger partial charge on any atom is -0.390 e. The molecular weight excluding hydrogens is 304 g/mol. The maximum Gasteiger partial charge on any atom is 0.0648 e. The summed E-state index contributed by atoms with van der Waals surface area (Å²) < 4.78 is 0. The second-order valence-corrected chi connectivity index (χ2v) is 10.5. The van der Waals surface area contributed by atoms with E-state index in [0.717, 1.165) is 37.0 Å². The van der Waals surface area contributed by atoms with Crippen LogP contribution in [0.2, 0.25) is 0 Å². The van der Waals surface area contributed by atoms with Gasteiger partial charge in [0.2, 0.25) is 0 Å². The Hall–Kier alpha value is -0.560. The van der Waals surface area contributed by atoms with Gasteiger partial charge in [-0.1, -0.05) is 44.6 Å². The number of allylic oxidation sites excluding steroid dienone is 3. The first kappa shape index (κ1) is 17.8. The Morgan fingerprint density at radius 1 is 1.20 bits per heavy atom. The lowest BCUT2D eigenvalue weighted by atomic mass is 9.47. The second kappa shape index (κ2) is 5.72. The molecule has 1 N–H and O–H groups in total. The summed E-state index contributed by atoms with van der Waals surface area (Å²) in [5.74, 6) is 3.07. The van der Waals surface area contributed by atoms with Gasteiger partial charge in [0.15, 0.2) is 0 Å². The lowest BCUT2D eigenvalue weighted by molar-refractivity contribution is -0.0759. The van der Waals surface area contributed by atoms with E-state index in [9.17, 15) is 5.11 Å². The van der Waals surface area contributed by atoms with Crippen LogP contribution in [0.3, 0.4) is 0 Å². The average molecular weight is 343 g/mol. The normalized spacial score (nSPS) is 52.0. The molecule has 0 aromatic heterocycles. The summed E-state index contributed by atoms with van der Waals surface area (Å²) in [6.45, 7) is 13.8. The zero-order valence-electron chi connectivity index (χ0n) is 16.9. The van der Waals surface area contributed by atoms with Gasteiger partial charge >= 0.3 is 0 Å². The van der Waals surface area contributed by atoms with Gasteiger partial charge in [-0.05, 0) is 99.2 Å². The smallest absolute Gasteiger partial charge is 0.0648 e. The van der Waals surface area contributed by atoms with Gasteiger partial charge in [0, 0.05) is 0 Å². The Labute approximate surface area is 155 Å². The van der Waals surface area contributed by atoms with Gasteiger partial charge in [-0.25, -0.2) is 0 Å². The predicted molar refractivity (Wildman–Crippen MR) is 105 cm³/mol. The standard InChI is InChI=1S/C24H38O/c1-6-24(25)14-13-22(4)17(15-24)7-8-18-20-10-9-19(16(2)3)23(20,5)12-11-21(18)22/h11,17-20,25H,2,6-10,12-15H2,1,3-5H3/t17-,18-,19+,20-,22-,23+,24-/m0/s1. The molecule has 1 nitrogen and oxygen atoms in total. The molecule has 7 atom stereocenters. The minimum atomic E-state index is -0.390. The lowest BCUT2D eigenvalue weighted by Gasteiger charge is -2.58. The van der Waals surface area contributed by atoms with Crippen molar-refractivity contribution >= 4 is 0 Å². The van der Waals surface area contributed by atoms with E-state index in [1.807, 2.05) is 0 Å². The van der Waals surface area contributed by atoms with Crippen LogP contribution in [-0.4, -0.2) is 10.7 Å². The third kappa shape index (κ3) is 2.44. The van der Waals surface area contributed by atoms with Gasteiger partial charge in [-0.2, -0.15) is 0 Å². The highest BCUT2D eigenvalue weighted by Crippen LogP contribution is 2.66. The van der Waals surface area contributed by atoms with E-state index in [2.05, 4.69) is 40.3 Å². The lowest BCUT2D eigenvalue weighted by Crippen LogP contribution is -2.51. The third-order valence-corrected chi connectivity index (χ3v) is 9.43. The highest BCUT2D eigenvalue weighted by molar-refractivity contribution is 5.30. The monoisotopic (exact) mass is 342 g/mol. The first-order chi connectivity index (χ1) is 11.7. The summed E-state index contributed by atoms with van der Waals surface area (Å²) in [4.78, 5) is 0. The molecule has 3 saturated carbocycles. The molecule has 140 valence electrons. The van der Waals surface area contributed by atoms with Crippen LogP contribution in [0.15, 0.2) is 23.8 Å². The van der Waals surface area contributed by atoms with Gasteiger partial charge in [-0.3, -0.25) is 0 Å². The second-order valence-electron chi connectivity index (χ2n) is 10.5. The molecule has 4 aliphatic rings. The maximum atomic E-state index is 10.9. The van der Waals surface area contributed by atoms with E-state index in [0.29, 0.717) is 16.7 Å². The van der Waals surface area contributed by atoms with Crippen molar-refractivity contribution in [1.82, 2.24) is 0 Å². The molecule has 0 unspecified atom stereocenters. The quantitative estimate of drug-likeness (QED) is 0.585. The van der Waals surface area contributed by atoms with E-state index in [-0.39, 0.29) is 5.60 Å². The molecule has 3 fully saturated rings. The van der Waals surface area contributed by atoms with E-state index in [1.54, 1.807) is 5.57 Å². The number of hydrogen-bond acceptors (Lipinski definition) is 1. The van der Waals surface area contributed by atoms with Gasteiger partial charge in [0.25, 0.3) is 0 Å². The van der Waals surface area contributed by atoms with Gasteiger partial charge in [0.1, 0.15) is 0 Å². The Balaban J connectivity index is 1.66. The molecule has 0 spiro atoms. The largest absolute Gasteiger partial charge is 0.390 e. The van der Waals surface area contributed by atoms with Crippen molar-refractivity contribution in [2.45, 2.75) is 91.1 Å². The summed E-state index contributed by atoms with van der Waals surface area (Å²) in [5.41, 5.74) is 3.62. The first-order valence-electron chi connectivity index (χ1n) is 10.8. The molecule has 0 heterocycles. The Morgan fingerprint density at radius 3 is 2.64 bits per heavy atom. The molecule has 1 heteroatoms. The molecule has 0 radical (unpaired) electrons. The molecular formula is C24H38O. The highest BCUT2D eigenvalue weighted by atomic mass is 16.3. The molecule has 0 bridgehead atoms. The van der Waals surface area contributed by atoms with Crippen LogP contribution < -0.4 is 0 Å². The number of aliphatic hydroxyl groups is 1. The van der Waals surface area contributed by atoms with Crippen LogP contribution in [0.4, 0.5) is 0 Å². The molecule has 0 aromatic carbocycles. The molecule has 0 aliphatic heterocycles. The summed E-state index contributed by atoms with van der Waals surface area (Å²) >= 11 is 0. The maximum absolute atomic E-state index is 10.9. The fourth-order valence-corrected chi connectivity index (χ4v) is 7.72. The van der Waals surface area contributed by atoms with E-state index in [1.165, 1.54) is 44.1 Å². The van der Waals surface area contributed by atoms with E-state index in [4.69, 9.17) is 0 Å². The fraction of sp³-hybridized carbons (Fsp3) is 0.833. The number of fused-ring (bicyclic) bond motifs is 5. The molecule has 0 aromatic rings. The van der Waals surface area contributed by atoms with Gasteiger partial charge in [-0.15, -0.1) is 0 Å². The third-order valence-electron chi connectivity index (χ3n) is 9.43. The van der Waals surface area contributed by atoms with Crippen molar-refractivity contribution in [1.29, 1.82) is 0 Å². The van der Waals surface area contributed by atoms with Crippen LogP contribution in [0.5, 0.6) is 0 Å². The van der Waals surface area contributed by atoms with Crippen molar-refractivity contribution in [3.63, 3.8) is 0 Å². The number of rotatable bonds is 2. The first-order valence-corrected chi connectivity index (χ1v) is 10.8. The molecule has 0 amide bonds. The van der Waals surface area contributed by atoms with Crippen molar-refractivity contribution < 1.29 is 5.11 Å². The van der Waals surface area contributed by atoms with Crippen LogP contribution >= 0.6 is 0 Å². The van der Waals surface area contributed by atoms with Gasteiger partial charge in [0.05, 0.1) is 5.60 Å². The zero-order valence-corrected chi connectivity index (χ0v) is 16.9. The summed E-state index contributed by atoms with van der Waals surface area (Å²) in [7, 11) is 0. The van der Waals surface area contributed by atoms with E-state index < -0.39 is 0 Å². The molecule has 25 heavy (non-hydrogen) atoms. The SMILES string of the molecule is C=C(C)[C@H]1CC[C@H]2[C@@H]3CC[C@H]4C[C@](O)(CC)CC[C@]4(C)C3=CC[C@]12C. The fourth-order valence-electron chi connectivity index (χ4n) is 7.72. The van der Waals surface area contributed by atoms with Crippen LogP contribution in [-0.2, 0) is 0 Å². The molecule has 0 saturated heterocycles. The van der Waals surface area contributed by atoms with E-state index >= 15 is 0 Å². The Bertz CT molecular complexity index is 603. The average Bonchev–Trinajstić information content (AvgIpc) is 2.93. The van der Waals surface area contributed by atoms with Crippen molar-refractivity contribution in [3.05, 3.63) is 23.8 Å². The van der Waals surface area contributed by atoms with Crippen LogP contribution in [0, 0.1) is 34.5 Å². The summed E-state index contributed by atoms with van der Waals surface area (Å²) in [5, 5.41) is 10.9. The van der Waals surface area contributed by atoms with Gasteiger partial charge < -0.3 is 5.11 Å². The highest BCUT2D eigenvalue weighted by Gasteiger charge is 2.58. The van der Waals surface area contributed by atoms with Crippen LogP contribution in [0.1, 0.15) is 85.5 Å². The summed E-state index contributed by atoms with van der Waals surface area (Å²) in [6.07, 6.45) is 13.5. The molecule has 4 aliphatic carbocycles. The Kier molecular flexibility index (Phi) is 4.08. The predicted octanol–water partition coefficient (Wildman–Crippen LogP) is 6.28.